The fourth-order valence-corrected chi connectivity index (χ4v) is 2.75. The minimum atomic E-state index is 0.358. The molecule has 1 N–H and O–H groups in total. The van der Waals surface area contributed by atoms with E-state index in [1.54, 1.807) is 12.4 Å². The first-order chi connectivity index (χ1) is 9.29. The molecule has 0 amide bonds. The minimum Gasteiger partial charge on any atom is -0.378 e. The van der Waals surface area contributed by atoms with E-state index in [-0.39, 0.29) is 0 Å². The second-order valence-electron chi connectivity index (χ2n) is 4.66. The fraction of sp³-hybridized carbons (Fsp3) is 0.462. The number of nitrogens with one attached hydrogen (secondary N) is 1. The van der Waals surface area contributed by atoms with Gasteiger partial charge in [-0.05, 0) is 44.1 Å². The van der Waals surface area contributed by atoms with Crippen molar-refractivity contribution in [3.63, 3.8) is 0 Å². The topological polar surface area (TPSA) is 55.7 Å². The highest BCUT2D eigenvalue weighted by Crippen LogP contribution is 2.37. The third kappa shape index (κ3) is 2.33. The molecule has 0 bridgehead atoms. The predicted molar refractivity (Wildman–Crippen MR) is 74.3 cm³/mol. The Morgan fingerprint density at radius 1 is 1.42 bits per heavy atom. The minimum absolute atomic E-state index is 0.358. The molecule has 19 heavy (non-hydrogen) atoms. The van der Waals surface area contributed by atoms with E-state index in [9.17, 15) is 0 Å². The standard InChI is InChI=1S/C13H16N4OS/c1-2-18-11-7-10(8-11)17-12(15-16-13(17)19)9-3-5-14-6-4-9/h3-6,10-11H,2,7-8H2,1H3,(H,16,19). The summed E-state index contributed by atoms with van der Waals surface area (Å²) >= 11 is 5.34. The van der Waals surface area contributed by atoms with Gasteiger partial charge in [-0.2, -0.15) is 5.10 Å². The van der Waals surface area contributed by atoms with Crippen LogP contribution >= 0.6 is 12.2 Å². The van der Waals surface area contributed by atoms with Gasteiger partial charge in [0, 0.05) is 30.6 Å². The van der Waals surface area contributed by atoms with Crippen LogP contribution in [-0.4, -0.2) is 32.5 Å². The Hall–Kier alpha value is -1.53. The molecular formula is C13H16N4OS. The highest BCUT2D eigenvalue weighted by Gasteiger charge is 2.33. The van der Waals surface area contributed by atoms with E-state index in [1.807, 2.05) is 19.1 Å². The van der Waals surface area contributed by atoms with E-state index < -0.39 is 0 Å². The second-order valence-corrected chi connectivity index (χ2v) is 5.05. The summed E-state index contributed by atoms with van der Waals surface area (Å²) in [5.74, 6) is 0.882. The molecule has 0 aromatic carbocycles. The summed E-state index contributed by atoms with van der Waals surface area (Å²) < 4.78 is 8.37. The van der Waals surface area contributed by atoms with Gasteiger partial charge in [0.25, 0.3) is 0 Å². The van der Waals surface area contributed by atoms with Crippen LogP contribution in [0.4, 0.5) is 0 Å². The van der Waals surface area contributed by atoms with Gasteiger partial charge >= 0.3 is 0 Å². The van der Waals surface area contributed by atoms with Crippen LogP contribution in [0.25, 0.3) is 11.4 Å². The molecular weight excluding hydrogens is 260 g/mol. The van der Waals surface area contributed by atoms with Crippen molar-refractivity contribution in [1.82, 2.24) is 19.7 Å². The lowest BCUT2D eigenvalue weighted by molar-refractivity contribution is -0.0196. The third-order valence-corrected chi connectivity index (χ3v) is 3.77. The van der Waals surface area contributed by atoms with Crippen LogP contribution in [0, 0.1) is 4.77 Å². The Bertz CT molecular complexity index is 601. The quantitative estimate of drug-likeness (QED) is 0.872. The number of hydrogen-bond donors (Lipinski definition) is 1. The molecule has 2 heterocycles. The maximum Gasteiger partial charge on any atom is 0.195 e. The summed E-state index contributed by atoms with van der Waals surface area (Å²) in [6.45, 7) is 2.80. The molecule has 0 radical (unpaired) electrons. The predicted octanol–water partition coefficient (Wildman–Crippen LogP) is 2.74. The Morgan fingerprint density at radius 3 is 2.84 bits per heavy atom. The van der Waals surface area contributed by atoms with Crippen LogP contribution in [0.3, 0.4) is 0 Å². The molecule has 0 atom stereocenters. The van der Waals surface area contributed by atoms with E-state index in [2.05, 4.69) is 19.7 Å². The van der Waals surface area contributed by atoms with Gasteiger partial charge in [-0.25, -0.2) is 0 Å². The Labute approximate surface area is 116 Å². The molecule has 0 saturated heterocycles. The maximum atomic E-state index is 5.60. The third-order valence-electron chi connectivity index (χ3n) is 3.48. The van der Waals surface area contributed by atoms with Gasteiger partial charge in [-0.15, -0.1) is 0 Å². The molecule has 6 heteroatoms. The normalized spacial score (nSPS) is 22.2. The van der Waals surface area contributed by atoms with Crippen molar-refractivity contribution in [2.45, 2.75) is 31.9 Å². The van der Waals surface area contributed by atoms with Crippen molar-refractivity contribution in [1.29, 1.82) is 0 Å². The van der Waals surface area contributed by atoms with E-state index in [0.29, 0.717) is 16.9 Å². The number of rotatable bonds is 4. The molecule has 1 fully saturated rings. The summed E-state index contributed by atoms with van der Waals surface area (Å²) in [7, 11) is 0. The summed E-state index contributed by atoms with van der Waals surface area (Å²) in [5, 5.41) is 7.22. The van der Waals surface area contributed by atoms with Gasteiger partial charge in [-0.3, -0.25) is 14.6 Å². The smallest absolute Gasteiger partial charge is 0.195 e. The van der Waals surface area contributed by atoms with Crippen LogP contribution in [0.1, 0.15) is 25.8 Å². The van der Waals surface area contributed by atoms with Gasteiger partial charge in [-0.1, -0.05) is 0 Å². The van der Waals surface area contributed by atoms with Crippen molar-refractivity contribution in [2.75, 3.05) is 6.61 Å². The summed E-state index contributed by atoms with van der Waals surface area (Å²) in [4.78, 5) is 4.03. The summed E-state index contributed by atoms with van der Waals surface area (Å²) in [6, 6.07) is 4.27. The van der Waals surface area contributed by atoms with E-state index >= 15 is 0 Å². The average molecular weight is 276 g/mol. The van der Waals surface area contributed by atoms with E-state index in [0.717, 1.165) is 30.8 Å². The summed E-state index contributed by atoms with van der Waals surface area (Å²) in [6.07, 6.45) is 5.89. The van der Waals surface area contributed by atoms with Crippen LogP contribution in [0.2, 0.25) is 0 Å². The number of ether oxygens (including phenoxy) is 1. The van der Waals surface area contributed by atoms with Crippen molar-refractivity contribution < 1.29 is 4.74 Å². The highest BCUT2D eigenvalue weighted by molar-refractivity contribution is 7.71. The molecule has 2 aromatic heterocycles. The number of aromatic nitrogens is 4. The molecule has 0 aliphatic heterocycles. The number of hydrogen-bond acceptors (Lipinski definition) is 4. The number of pyridine rings is 1. The van der Waals surface area contributed by atoms with Gasteiger partial charge in [0.05, 0.1) is 6.10 Å². The lowest BCUT2D eigenvalue weighted by atomic mass is 9.89. The van der Waals surface area contributed by atoms with E-state index in [4.69, 9.17) is 17.0 Å². The van der Waals surface area contributed by atoms with Gasteiger partial charge in [0.15, 0.2) is 10.6 Å². The molecule has 100 valence electrons. The molecule has 0 unspecified atom stereocenters. The van der Waals surface area contributed by atoms with Crippen LogP contribution in [0.5, 0.6) is 0 Å². The fourth-order valence-electron chi connectivity index (χ4n) is 2.47. The lowest BCUT2D eigenvalue weighted by Gasteiger charge is -2.36. The van der Waals surface area contributed by atoms with Gasteiger partial charge in [0.2, 0.25) is 0 Å². The van der Waals surface area contributed by atoms with Crippen molar-refractivity contribution in [3.05, 3.63) is 29.3 Å². The lowest BCUT2D eigenvalue weighted by Crippen LogP contribution is -2.33. The Kier molecular flexibility index (Phi) is 3.44. The molecule has 3 rings (SSSR count). The first-order valence-electron chi connectivity index (χ1n) is 6.48. The maximum absolute atomic E-state index is 5.60. The SMILES string of the molecule is CCOC1CC(n2c(-c3ccncc3)n[nH]c2=S)C1. The highest BCUT2D eigenvalue weighted by atomic mass is 32.1. The first kappa shape index (κ1) is 12.5. The first-order valence-corrected chi connectivity index (χ1v) is 6.89. The number of nitrogens with zero attached hydrogens (tertiary/aromatic N) is 3. The van der Waals surface area contributed by atoms with Gasteiger partial charge in [0.1, 0.15) is 0 Å². The molecule has 1 aliphatic carbocycles. The molecule has 0 spiro atoms. The largest absolute Gasteiger partial charge is 0.378 e. The zero-order valence-electron chi connectivity index (χ0n) is 10.7. The number of H-pyrrole nitrogens is 1. The Morgan fingerprint density at radius 2 is 2.16 bits per heavy atom. The van der Waals surface area contributed by atoms with Crippen LogP contribution in [0.15, 0.2) is 24.5 Å². The van der Waals surface area contributed by atoms with Crippen LogP contribution in [-0.2, 0) is 4.74 Å². The average Bonchev–Trinajstić information content (AvgIpc) is 2.76. The Balaban J connectivity index is 1.87. The molecule has 2 aromatic rings. The summed E-state index contributed by atoms with van der Waals surface area (Å²) in [5.41, 5.74) is 1.03. The zero-order chi connectivity index (χ0) is 13.2. The molecule has 5 nitrogen and oxygen atoms in total. The molecule has 1 aliphatic rings. The van der Waals surface area contributed by atoms with E-state index in [1.165, 1.54) is 0 Å². The second kappa shape index (κ2) is 5.22. The van der Waals surface area contributed by atoms with Gasteiger partial charge < -0.3 is 4.74 Å². The van der Waals surface area contributed by atoms with Crippen LogP contribution < -0.4 is 0 Å². The monoisotopic (exact) mass is 276 g/mol. The van der Waals surface area contributed by atoms with Crippen molar-refractivity contribution >= 4 is 12.2 Å². The number of aromatic amines is 1. The molecule has 1 saturated carbocycles. The van der Waals surface area contributed by atoms with Crippen molar-refractivity contribution in [2.24, 2.45) is 0 Å². The van der Waals surface area contributed by atoms with Crippen molar-refractivity contribution in [3.8, 4) is 11.4 Å². The zero-order valence-corrected chi connectivity index (χ0v) is 11.6.